The first kappa shape index (κ1) is 27.7. The second kappa shape index (κ2) is 10.6. The standard InChI is InChI=1S/C29H29F3N2O6/c1-28(2,37)9-10-38-18-13-33-27(34-14-18)26-21-6-8-23(20(21)5-7-22(26)29(30,31)32)40-17-3-4-19-16(11-25(35)36)15-39-24(19)12-17/h3-5,7,12-14,16,23,37H,6,8-11,15H2,1-2H3,(H,35,36). The summed E-state index contributed by atoms with van der Waals surface area (Å²) in [5.41, 5.74) is 0.0901. The molecule has 0 amide bonds. The lowest BCUT2D eigenvalue weighted by atomic mass is 9.96. The Hall–Kier alpha value is -3.86. The molecule has 2 atom stereocenters. The van der Waals surface area contributed by atoms with Crippen molar-refractivity contribution in [1.82, 2.24) is 9.97 Å². The van der Waals surface area contributed by atoms with Gasteiger partial charge >= 0.3 is 12.1 Å². The summed E-state index contributed by atoms with van der Waals surface area (Å²) in [5.74, 6) is 0.117. The molecule has 0 fully saturated rings. The van der Waals surface area contributed by atoms with Crippen LogP contribution in [-0.2, 0) is 17.4 Å². The van der Waals surface area contributed by atoms with Crippen molar-refractivity contribution in [3.05, 3.63) is 65.0 Å². The minimum Gasteiger partial charge on any atom is -0.492 e. The van der Waals surface area contributed by atoms with Gasteiger partial charge in [-0.3, -0.25) is 4.79 Å². The quantitative estimate of drug-likeness (QED) is 0.343. The van der Waals surface area contributed by atoms with Crippen molar-refractivity contribution in [3.63, 3.8) is 0 Å². The molecule has 1 aromatic heterocycles. The van der Waals surface area contributed by atoms with Gasteiger partial charge in [0.1, 0.15) is 17.6 Å². The smallest absolute Gasteiger partial charge is 0.417 e. The Morgan fingerprint density at radius 1 is 1.10 bits per heavy atom. The number of hydrogen-bond acceptors (Lipinski definition) is 7. The molecule has 2 unspecified atom stereocenters. The van der Waals surface area contributed by atoms with Gasteiger partial charge in [0.15, 0.2) is 11.6 Å². The largest absolute Gasteiger partial charge is 0.492 e. The number of alkyl halides is 3. The minimum atomic E-state index is -4.61. The second-order valence-electron chi connectivity index (χ2n) is 10.7. The highest BCUT2D eigenvalue weighted by atomic mass is 19.4. The Kier molecular flexibility index (Phi) is 7.34. The molecule has 40 heavy (non-hydrogen) atoms. The number of halogens is 3. The molecule has 3 aromatic rings. The summed E-state index contributed by atoms with van der Waals surface area (Å²) in [6.07, 6.45) is -1.32. The zero-order valence-corrected chi connectivity index (χ0v) is 22.0. The number of aliphatic carboxylic acids is 1. The zero-order chi connectivity index (χ0) is 28.7. The van der Waals surface area contributed by atoms with E-state index in [0.29, 0.717) is 47.6 Å². The molecule has 5 rings (SSSR count). The number of rotatable bonds is 9. The fraction of sp³-hybridized carbons (Fsp3) is 0.414. The second-order valence-corrected chi connectivity index (χ2v) is 10.7. The molecule has 1 aliphatic heterocycles. The summed E-state index contributed by atoms with van der Waals surface area (Å²) in [6.45, 7) is 3.77. The summed E-state index contributed by atoms with van der Waals surface area (Å²) in [7, 11) is 0. The van der Waals surface area contributed by atoms with E-state index in [9.17, 15) is 23.1 Å². The maximum absolute atomic E-state index is 14.1. The average molecular weight is 559 g/mol. The number of benzene rings is 2. The molecule has 11 heteroatoms. The molecule has 0 spiro atoms. The van der Waals surface area contributed by atoms with Crippen molar-refractivity contribution in [2.24, 2.45) is 0 Å². The number of ether oxygens (including phenoxy) is 3. The van der Waals surface area contributed by atoms with Crippen molar-refractivity contribution in [2.45, 2.75) is 63.3 Å². The first-order valence-electron chi connectivity index (χ1n) is 12.9. The number of aliphatic hydroxyl groups is 1. The summed E-state index contributed by atoms with van der Waals surface area (Å²) in [4.78, 5) is 19.5. The Morgan fingerprint density at radius 2 is 1.82 bits per heavy atom. The number of carboxylic acid groups (broad SMARTS) is 1. The van der Waals surface area contributed by atoms with Crippen molar-refractivity contribution < 1.29 is 42.4 Å². The van der Waals surface area contributed by atoms with Crippen LogP contribution < -0.4 is 14.2 Å². The van der Waals surface area contributed by atoms with Crippen LogP contribution in [0, 0.1) is 0 Å². The lowest BCUT2D eigenvalue weighted by molar-refractivity contribution is -0.138. The van der Waals surface area contributed by atoms with Crippen molar-refractivity contribution in [2.75, 3.05) is 13.2 Å². The van der Waals surface area contributed by atoms with Crippen LogP contribution in [0.3, 0.4) is 0 Å². The third-order valence-corrected chi connectivity index (χ3v) is 7.06. The van der Waals surface area contributed by atoms with Crippen molar-refractivity contribution >= 4 is 5.97 Å². The summed E-state index contributed by atoms with van der Waals surface area (Å²) in [6, 6.07) is 7.68. The molecular formula is C29H29F3N2O6. The molecule has 1 aliphatic carbocycles. The van der Waals surface area contributed by atoms with Crippen molar-refractivity contribution in [3.8, 4) is 28.6 Å². The first-order valence-corrected chi connectivity index (χ1v) is 12.9. The number of nitrogens with zero attached hydrogens (tertiary/aromatic N) is 2. The molecule has 2 aliphatic rings. The van der Waals surface area contributed by atoms with E-state index in [4.69, 9.17) is 19.3 Å². The van der Waals surface area contributed by atoms with E-state index < -0.39 is 29.4 Å². The van der Waals surface area contributed by atoms with E-state index in [-0.39, 0.29) is 36.9 Å². The van der Waals surface area contributed by atoms with Gasteiger partial charge in [0.05, 0.1) is 43.2 Å². The van der Waals surface area contributed by atoms with Crippen LogP contribution in [0.25, 0.3) is 11.4 Å². The average Bonchev–Trinajstić information content (AvgIpc) is 3.46. The van der Waals surface area contributed by atoms with Gasteiger partial charge in [-0.2, -0.15) is 13.2 Å². The fourth-order valence-corrected chi connectivity index (χ4v) is 5.09. The van der Waals surface area contributed by atoms with Crippen molar-refractivity contribution in [1.29, 1.82) is 0 Å². The van der Waals surface area contributed by atoms with Crippen LogP contribution in [0.15, 0.2) is 42.7 Å². The Balaban J connectivity index is 1.39. The lowest BCUT2D eigenvalue weighted by Crippen LogP contribution is -2.21. The molecule has 212 valence electrons. The predicted octanol–water partition coefficient (Wildman–Crippen LogP) is 5.72. The van der Waals surface area contributed by atoms with Crippen LogP contribution in [0.2, 0.25) is 0 Å². The highest BCUT2D eigenvalue weighted by Gasteiger charge is 2.39. The number of aromatic nitrogens is 2. The van der Waals surface area contributed by atoms with Crippen LogP contribution >= 0.6 is 0 Å². The highest BCUT2D eigenvalue weighted by Crippen LogP contribution is 2.46. The third kappa shape index (κ3) is 5.99. The molecule has 0 radical (unpaired) electrons. The Morgan fingerprint density at radius 3 is 2.50 bits per heavy atom. The summed E-state index contributed by atoms with van der Waals surface area (Å²) < 4.78 is 59.6. The van der Waals surface area contributed by atoms with Gasteiger partial charge in [-0.05, 0) is 49.9 Å². The molecule has 0 saturated heterocycles. The van der Waals surface area contributed by atoms with Gasteiger partial charge in [-0.1, -0.05) is 12.1 Å². The van der Waals surface area contributed by atoms with Crippen LogP contribution in [-0.4, -0.2) is 45.0 Å². The number of carboxylic acids is 1. The number of hydrogen-bond donors (Lipinski definition) is 2. The fourth-order valence-electron chi connectivity index (χ4n) is 5.09. The van der Waals surface area contributed by atoms with E-state index in [1.54, 1.807) is 32.0 Å². The SMILES string of the molecule is CC(C)(O)CCOc1cnc(-c2c(C(F)(F)F)ccc3c2CCC3Oc2ccc3c(c2)OCC3CC(=O)O)nc1. The molecule has 0 saturated carbocycles. The molecule has 2 N–H and O–H groups in total. The molecule has 0 bridgehead atoms. The Bertz CT molecular complexity index is 1400. The first-order chi connectivity index (χ1) is 18.9. The zero-order valence-electron chi connectivity index (χ0n) is 22.0. The van der Waals surface area contributed by atoms with Gasteiger partial charge in [-0.25, -0.2) is 9.97 Å². The van der Waals surface area contributed by atoms with E-state index >= 15 is 0 Å². The highest BCUT2D eigenvalue weighted by molar-refractivity contribution is 5.70. The molecule has 2 heterocycles. The molecule has 2 aromatic carbocycles. The topological polar surface area (TPSA) is 111 Å². The number of carbonyl (C=O) groups is 1. The Labute approximate surface area is 228 Å². The van der Waals surface area contributed by atoms with Crippen LogP contribution in [0.5, 0.6) is 17.2 Å². The monoisotopic (exact) mass is 558 g/mol. The summed E-state index contributed by atoms with van der Waals surface area (Å²) in [5, 5.41) is 18.9. The van der Waals surface area contributed by atoms with Gasteiger partial charge in [0.25, 0.3) is 0 Å². The van der Waals surface area contributed by atoms with E-state index in [1.165, 1.54) is 18.5 Å². The summed E-state index contributed by atoms with van der Waals surface area (Å²) >= 11 is 0. The van der Waals surface area contributed by atoms with Crippen LogP contribution in [0.1, 0.15) is 67.4 Å². The lowest BCUT2D eigenvalue weighted by Gasteiger charge is -2.19. The molecular weight excluding hydrogens is 529 g/mol. The van der Waals surface area contributed by atoms with E-state index in [2.05, 4.69) is 9.97 Å². The maximum atomic E-state index is 14.1. The van der Waals surface area contributed by atoms with Gasteiger partial charge in [0, 0.05) is 29.5 Å². The minimum absolute atomic E-state index is 0.0382. The normalized spacial score (nSPS) is 18.1. The third-order valence-electron chi connectivity index (χ3n) is 7.06. The van der Waals surface area contributed by atoms with E-state index in [1.807, 2.05) is 0 Å². The van der Waals surface area contributed by atoms with Crippen LogP contribution in [0.4, 0.5) is 13.2 Å². The number of fused-ring (bicyclic) bond motifs is 2. The van der Waals surface area contributed by atoms with Gasteiger partial charge in [0.2, 0.25) is 0 Å². The van der Waals surface area contributed by atoms with Gasteiger partial charge < -0.3 is 24.4 Å². The van der Waals surface area contributed by atoms with Gasteiger partial charge in [-0.15, -0.1) is 0 Å². The van der Waals surface area contributed by atoms with E-state index in [0.717, 1.165) is 11.6 Å². The maximum Gasteiger partial charge on any atom is 0.417 e. The predicted molar refractivity (Wildman–Crippen MR) is 138 cm³/mol. The molecule has 8 nitrogen and oxygen atoms in total.